The van der Waals surface area contributed by atoms with Crippen LogP contribution in [0, 0.1) is 0 Å². The first-order valence-corrected chi connectivity index (χ1v) is 10.8. The zero-order valence-electron chi connectivity index (χ0n) is 17.6. The molecule has 31 heavy (non-hydrogen) atoms. The standard InChI is InChI=1S/C30H24O/c1-2-22-12-11-17-25(20-22)26-18-9-10-19-27(26)29-21-28(23-13-5-3-6-14-23)30(31-29)24-15-7-4-8-16-24/h3-21H,2H2,1H3. The van der Waals surface area contributed by atoms with Crippen molar-refractivity contribution in [3.63, 3.8) is 0 Å². The Morgan fingerprint density at radius 3 is 1.84 bits per heavy atom. The maximum Gasteiger partial charge on any atom is 0.142 e. The molecule has 0 aliphatic rings. The molecule has 0 N–H and O–H groups in total. The van der Waals surface area contributed by atoms with Gasteiger partial charge in [-0.15, -0.1) is 0 Å². The molecule has 1 nitrogen and oxygen atoms in total. The normalized spacial score (nSPS) is 10.9. The zero-order chi connectivity index (χ0) is 21.0. The summed E-state index contributed by atoms with van der Waals surface area (Å²) in [5.74, 6) is 1.79. The van der Waals surface area contributed by atoms with Crippen molar-refractivity contribution in [1.29, 1.82) is 0 Å². The monoisotopic (exact) mass is 400 g/mol. The van der Waals surface area contributed by atoms with Gasteiger partial charge in [-0.1, -0.05) is 116 Å². The maximum absolute atomic E-state index is 6.56. The summed E-state index contributed by atoms with van der Waals surface area (Å²) in [6.07, 6.45) is 1.02. The molecule has 0 saturated heterocycles. The quantitative estimate of drug-likeness (QED) is 0.288. The summed E-state index contributed by atoms with van der Waals surface area (Å²) in [7, 11) is 0. The number of hydrogen-bond donors (Lipinski definition) is 0. The molecule has 1 heteroatoms. The van der Waals surface area contributed by atoms with Crippen molar-refractivity contribution in [2.24, 2.45) is 0 Å². The Morgan fingerprint density at radius 1 is 0.516 bits per heavy atom. The molecule has 0 saturated carbocycles. The summed E-state index contributed by atoms with van der Waals surface area (Å²) in [6, 6.07) is 40.3. The number of rotatable bonds is 5. The summed E-state index contributed by atoms with van der Waals surface area (Å²) in [5, 5.41) is 0. The first kappa shape index (κ1) is 19.1. The van der Waals surface area contributed by atoms with Crippen molar-refractivity contribution in [1.82, 2.24) is 0 Å². The highest BCUT2D eigenvalue weighted by Gasteiger charge is 2.18. The van der Waals surface area contributed by atoms with Crippen LogP contribution in [0.25, 0.3) is 44.9 Å². The minimum absolute atomic E-state index is 0.884. The van der Waals surface area contributed by atoms with Gasteiger partial charge in [-0.3, -0.25) is 0 Å². The van der Waals surface area contributed by atoms with Crippen LogP contribution < -0.4 is 0 Å². The van der Waals surface area contributed by atoms with E-state index in [1.165, 1.54) is 16.7 Å². The number of hydrogen-bond acceptors (Lipinski definition) is 1. The van der Waals surface area contributed by atoms with E-state index in [1.54, 1.807) is 0 Å². The number of benzene rings is 4. The van der Waals surface area contributed by atoms with E-state index in [2.05, 4.69) is 110 Å². The SMILES string of the molecule is CCc1cccc(-c2ccccc2-c2cc(-c3ccccc3)c(-c3ccccc3)o2)c1. The van der Waals surface area contributed by atoms with E-state index in [-0.39, 0.29) is 0 Å². The third kappa shape index (κ3) is 3.83. The van der Waals surface area contributed by atoms with Crippen molar-refractivity contribution in [2.75, 3.05) is 0 Å². The van der Waals surface area contributed by atoms with Crippen LogP contribution in [0.5, 0.6) is 0 Å². The Hall–Kier alpha value is -3.84. The fraction of sp³-hybridized carbons (Fsp3) is 0.0667. The van der Waals surface area contributed by atoms with Crippen LogP contribution in [-0.2, 0) is 6.42 Å². The highest BCUT2D eigenvalue weighted by atomic mass is 16.3. The summed E-state index contributed by atoms with van der Waals surface area (Å²) < 4.78 is 6.56. The van der Waals surface area contributed by atoms with Gasteiger partial charge in [0.1, 0.15) is 11.5 Å². The van der Waals surface area contributed by atoms with E-state index in [0.717, 1.165) is 40.2 Å². The summed E-state index contributed by atoms with van der Waals surface area (Å²) in [5.41, 5.74) is 8.19. The molecule has 0 radical (unpaired) electrons. The van der Waals surface area contributed by atoms with Gasteiger partial charge in [0.05, 0.1) is 0 Å². The Bertz CT molecular complexity index is 1240. The van der Waals surface area contributed by atoms with Crippen LogP contribution in [0.1, 0.15) is 12.5 Å². The van der Waals surface area contributed by atoms with Crippen molar-refractivity contribution in [3.05, 3.63) is 121 Å². The smallest absolute Gasteiger partial charge is 0.142 e. The van der Waals surface area contributed by atoms with Gasteiger partial charge in [0, 0.05) is 16.7 Å². The van der Waals surface area contributed by atoms with E-state index >= 15 is 0 Å². The van der Waals surface area contributed by atoms with Crippen molar-refractivity contribution in [2.45, 2.75) is 13.3 Å². The fourth-order valence-corrected chi connectivity index (χ4v) is 4.07. The molecule has 0 bridgehead atoms. The fourth-order valence-electron chi connectivity index (χ4n) is 4.07. The van der Waals surface area contributed by atoms with Gasteiger partial charge in [-0.2, -0.15) is 0 Å². The Labute approximate surface area is 183 Å². The lowest BCUT2D eigenvalue weighted by molar-refractivity contribution is 0.598. The molecule has 0 amide bonds. The van der Waals surface area contributed by atoms with Gasteiger partial charge >= 0.3 is 0 Å². The first-order valence-electron chi connectivity index (χ1n) is 10.8. The van der Waals surface area contributed by atoms with Crippen molar-refractivity contribution >= 4 is 0 Å². The van der Waals surface area contributed by atoms with Gasteiger partial charge in [0.25, 0.3) is 0 Å². The highest BCUT2D eigenvalue weighted by Crippen LogP contribution is 2.41. The van der Waals surface area contributed by atoms with Crippen molar-refractivity contribution in [3.8, 4) is 44.9 Å². The van der Waals surface area contributed by atoms with Crippen LogP contribution in [0.2, 0.25) is 0 Å². The lowest BCUT2D eigenvalue weighted by Gasteiger charge is -2.09. The topological polar surface area (TPSA) is 13.1 Å². The van der Waals surface area contributed by atoms with Gasteiger partial charge < -0.3 is 4.42 Å². The molecule has 150 valence electrons. The largest absolute Gasteiger partial charge is 0.455 e. The Morgan fingerprint density at radius 2 is 1.13 bits per heavy atom. The van der Waals surface area contributed by atoms with Gasteiger partial charge in [-0.25, -0.2) is 0 Å². The molecule has 4 aromatic carbocycles. The third-order valence-electron chi connectivity index (χ3n) is 5.69. The molecule has 1 aromatic heterocycles. The molecule has 5 aromatic rings. The van der Waals surface area contributed by atoms with Crippen molar-refractivity contribution < 1.29 is 4.42 Å². The lowest BCUT2D eigenvalue weighted by atomic mass is 9.95. The van der Waals surface area contributed by atoms with Crippen LogP contribution in [0.4, 0.5) is 0 Å². The van der Waals surface area contributed by atoms with E-state index in [4.69, 9.17) is 4.42 Å². The molecule has 0 atom stereocenters. The second kappa shape index (κ2) is 8.49. The zero-order valence-corrected chi connectivity index (χ0v) is 17.6. The molecule has 1 heterocycles. The Kier molecular flexibility index (Phi) is 5.24. The van der Waals surface area contributed by atoms with E-state index in [9.17, 15) is 0 Å². The van der Waals surface area contributed by atoms with Crippen LogP contribution >= 0.6 is 0 Å². The summed E-state index contributed by atoms with van der Waals surface area (Å²) in [4.78, 5) is 0. The molecule has 0 spiro atoms. The Balaban J connectivity index is 1.70. The second-order valence-electron chi connectivity index (χ2n) is 7.69. The average molecular weight is 401 g/mol. The van der Waals surface area contributed by atoms with Crippen LogP contribution in [0.15, 0.2) is 120 Å². The van der Waals surface area contributed by atoms with Gasteiger partial charge in [0.2, 0.25) is 0 Å². The predicted octanol–water partition coefficient (Wildman–Crippen LogP) is 8.51. The summed E-state index contributed by atoms with van der Waals surface area (Å²) >= 11 is 0. The number of aryl methyl sites for hydroxylation is 1. The molecular weight excluding hydrogens is 376 g/mol. The minimum Gasteiger partial charge on any atom is -0.455 e. The molecule has 0 aliphatic carbocycles. The molecule has 0 unspecified atom stereocenters. The van der Waals surface area contributed by atoms with Gasteiger partial charge in [-0.05, 0) is 34.7 Å². The predicted molar refractivity (Wildman–Crippen MR) is 130 cm³/mol. The molecule has 0 aliphatic heterocycles. The third-order valence-corrected chi connectivity index (χ3v) is 5.69. The van der Waals surface area contributed by atoms with E-state index < -0.39 is 0 Å². The van der Waals surface area contributed by atoms with E-state index in [1.807, 2.05) is 12.1 Å². The average Bonchev–Trinajstić information content (AvgIpc) is 3.31. The lowest BCUT2D eigenvalue weighted by Crippen LogP contribution is -1.86. The van der Waals surface area contributed by atoms with Crippen LogP contribution in [-0.4, -0.2) is 0 Å². The molecule has 5 rings (SSSR count). The number of furan rings is 1. The second-order valence-corrected chi connectivity index (χ2v) is 7.69. The van der Waals surface area contributed by atoms with Crippen LogP contribution in [0.3, 0.4) is 0 Å². The molecule has 0 fully saturated rings. The van der Waals surface area contributed by atoms with E-state index in [0.29, 0.717) is 0 Å². The minimum atomic E-state index is 0.884. The maximum atomic E-state index is 6.56. The first-order chi connectivity index (χ1) is 15.3. The summed E-state index contributed by atoms with van der Waals surface area (Å²) in [6.45, 7) is 2.19. The van der Waals surface area contributed by atoms with Gasteiger partial charge in [0.15, 0.2) is 0 Å². The molecular formula is C30H24O. The highest BCUT2D eigenvalue weighted by molar-refractivity contribution is 5.88.